The third-order valence-electron chi connectivity index (χ3n) is 3.59. The van der Waals surface area contributed by atoms with Gasteiger partial charge in [-0.2, -0.15) is 0 Å². The Labute approximate surface area is 152 Å². The number of fused-ring (bicyclic) bond motifs is 2. The van der Waals surface area contributed by atoms with E-state index in [4.69, 9.17) is 5.11 Å². The van der Waals surface area contributed by atoms with Crippen LogP contribution in [0.1, 0.15) is 47.4 Å². The fraction of sp³-hybridized carbons (Fsp3) is 0.545. The summed E-state index contributed by atoms with van der Waals surface area (Å²) in [5, 5.41) is 10.3. The number of hydrogen-bond donors (Lipinski definition) is 1. The van der Waals surface area contributed by atoms with Crippen LogP contribution < -0.4 is 51.4 Å². The zero-order valence-electron chi connectivity index (χ0n) is 11.1. The topological polar surface area (TPSA) is 70.5 Å². The molecule has 2 fully saturated rings. The number of hydrogen-bond acceptors (Lipinski definition) is 4. The average Bonchev–Trinajstić information content (AvgIpc) is 3.03. The molecule has 18 heavy (non-hydrogen) atoms. The predicted octanol–water partition coefficient (Wildman–Crippen LogP) is -1.28. The predicted molar refractivity (Wildman–Crippen MR) is 62.4 cm³/mol. The van der Waals surface area contributed by atoms with Crippen LogP contribution >= 0.6 is 11.3 Å². The number of thiazole rings is 1. The van der Waals surface area contributed by atoms with Crippen molar-refractivity contribution in [1.82, 2.24) is 9.88 Å². The number of carbonyl (C=O) groups is 2. The van der Waals surface area contributed by atoms with Crippen molar-refractivity contribution in [3.63, 3.8) is 0 Å². The van der Waals surface area contributed by atoms with Crippen LogP contribution in [0.4, 0.5) is 0 Å². The number of aromatic nitrogens is 1. The third-order valence-corrected chi connectivity index (χ3v) is 4.42. The van der Waals surface area contributed by atoms with Crippen LogP contribution in [-0.2, 0) is 0 Å². The number of rotatable bonds is 2. The summed E-state index contributed by atoms with van der Waals surface area (Å²) in [6.45, 7) is 0. The molecule has 1 N–H and O–H groups in total. The molecule has 1 amide bonds. The molecule has 3 heterocycles. The van der Waals surface area contributed by atoms with Gasteiger partial charge >= 0.3 is 57.4 Å². The summed E-state index contributed by atoms with van der Waals surface area (Å²) in [7, 11) is 0. The van der Waals surface area contributed by atoms with Crippen molar-refractivity contribution < 1.29 is 67.5 Å². The standard InChI is InChI=1S/C11H12N2O3S.K.H/c14-10(8-5-17-9(12-8)11(15)16)13-6-1-2-7(13)4-3-6;;/h5-7H,1-4H2,(H,15,16);;/q;+1;-1. The largest absolute Gasteiger partial charge is 1.00 e. The Kier molecular flexibility index (Phi) is 4.61. The first-order valence-corrected chi connectivity index (χ1v) is 6.56. The first kappa shape index (κ1) is 14.6. The Morgan fingerprint density at radius 1 is 1.33 bits per heavy atom. The van der Waals surface area contributed by atoms with Gasteiger partial charge < -0.3 is 11.4 Å². The van der Waals surface area contributed by atoms with Gasteiger partial charge in [0.1, 0.15) is 5.69 Å². The zero-order valence-corrected chi connectivity index (χ0v) is 14.1. The summed E-state index contributed by atoms with van der Waals surface area (Å²) in [6, 6.07) is 0.699. The average molecular weight is 292 g/mol. The van der Waals surface area contributed by atoms with E-state index >= 15 is 0 Å². The Bertz CT molecular complexity index is 476. The monoisotopic (exact) mass is 292 g/mol. The van der Waals surface area contributed by atoms with Crippen molar-refractivity contribution in [3.8, 4) is 0 Å². The van der Waals surface area contributed by atoms with Gasteiger partial charge in [-0.3, -0.25) is 4.79 Å². The fourth-order valence-corrected chi connectivity index (χ4v) is 3.48. The minimum Gasteiger partial charge on any atom is -1.00 e. The smallest absolute Gasteiger partial charge is 1.00 e. The van der Waals surface area contributed by atoms with E-state index in [1.54, 1.807) is 5.38 Å². The number of amides is 1. The molecule has 0 atom stereocenters. The van der Waals surface area contributed by atoms with Crippen molar-refractivity contribution in [3.05, 3.63) is 16.1 Å². The van der Waals surface area contributed by atoms with Crippen LogP contribution in [0.5, 0.6) is 0 Å². The van der Waals surface area contributed by atoms with Crippen molar-refractivity contribution in [1.29, 1.82) is 0 Å². The molecule has 2 aliphatic heterocycles. The van der Waals surface area contributed by atoms with Crippen LogP contribution in [0.15, 0.2) is 5.38 Å². The second-order valence-electron chi connectivity index (χ2n) is 4.52. The first-order chi connectivity index (χ1) is 8.16. The first-order valence-electron chi connectivity index (χ1n) is 5.68. The summed E-state index contributed by atoms with van der Waals surface area (Å²) in [4.78, 5) is 28.7. The van der Waals surface area contributed by atoms with E-state index in [0.29, 0.717) is 12.1 Å². The van der Waals surface area contributed by atoms with E-state index in [1.165, 1.54) is 0 Å². The number of carbonyl (C=O) groups excluding carboxylic acids is 1. The summed E-state index contributed by atoms with van der Waals surface area (Å²) < 4.78 is 0. The van der Waals surface area contributed by atoms with Crippen molar-refractivity contribution in [2.24, 2.45) is 0 Å². The molecule has 0 unspecified atom stereocenters. The van der Waals surface area contributed by atoms with Crippen LogP contribution in [0.3, 0.4) is 0 Å². The fourth-order valence-electron chi connectivity index (χ4n) is 2.85. The maximum absolute atomic E-state index is 12.2. The van der Waals surface area contributed by atoms with Crippen LogP contribution in [0.2, 0.25) is 0 Å². The quantitative estimate of drug-likeness (QED) is 0.690. The van der Waals surface area contributed by atoms with Crippen LogP contribution in [-0.4, -0.2) is 39.0 Å². The van der Waals surface area contributed by atoms with E-state index in [2.05, 4.69) is 4.98 Å². The molecule has 3 rings (SSSR count). The summed E-state index contributed by atoms with van der Waals surface area (Å²) in [6.07, 6.45) is 4.30. The van der Waals surface area contributed by atoms with E-state index in [-0.39, 0.29) is 69.4 Å². The molecular weight excluding hydrogens is 279 g/mol. The molecule has 1 aromatic heterocycles. The van der Waals surface area contributed by atoms with Gasteiger partial charge in [-0.1, -0.05) is 0 Å². The van der Waals surface area contributed by atoms with E-state index < -0.39 is 5.97 Å². The molecule has 5 nitrogen and oxygen atoms in total. The summed E-state index contributed by atoms with van der Waals surface area (Å²) >= 11 is 1.01. The van der Waals surface area contributed by atoms with E-state index in [0.717, 1.165) is 37.0 Å². The summed E-state index contributed by atoms with van der Waals surface area (Å²) in [5.41, 5.74) is 0.284. The molecule has 2 bridgehead atoms. The second kappa shape index (κ2) is 5.68. The SMILES string of the molecule is O=C(O)c1nc(C(=O)N2C3CCC2CC3)cs1.[H-].[K+]. The molecule has 0 aromatic carbocycles. The van der Waals surface area contributed by atoms with Crippen molar-refractivity contribution >= 4 is 23.2 Å². The molecular formula is C11H13KN2O3S. The van der Waals surface area contributed by atoms with Gasteiger partial charge in [-0.05, 0) is 25.7 Å². The van der Waals surface area contributed by atoms with Crippen LogP contribution in [0, 0.1) is 0 Å². The van der Waals surface area contributed by atoms with E-state index in [9.17, 15) is 9.59 Å². The molecule has 0 saturated carbocycles. The Hall–Kier alpha value is 0.206. The minimum absolute atomic E-state index is 0. The Balaban J connectivity index is 0.000000902. The molecule has 2 aliphatic rings. The maximum Gasteiger partial charge on any atom is 1.00 e. The normalized spacial score (nSPS) is 25.0. The zero-order chi connectivity index (χ0) is 12.0. The van der Waals surface area contributed by atoms with Gasteiger partial charge in [-0.25, -0.2) is 9.78 Å². The second-order valence-corrected chi connectivity index (χ2v) is 5.38. The Morgan fingerprint density at radius 3 is 2.33 bits per heavy atom. The molecule has 0 spiro atoms. The van der Waals surface area contributed by atoms with Gasteiger partial charge in [0.15, 0.2) is 0 Å². The molecule has 92 valence electrons. The third kappa shape index (κ3) is 2.44. The van der Waals surface area contributed by atoms with Crippen molar-refractivity contribution in [2.45, 2.75) is 37.8 Å². The van der Waals surface area contributed by atoms with Crippen LogP contribution in [0.25, 0.3) is 0 Å². The van der Waals surface area contributed by atoms with Gasteiger partial charge in [0.25, 0.3) is 5.91 Å². The Morgan fingerprint density at radius 2 is 1.89 bits per heavy atom. The minimum atomic E-state index is -1.07. The molecule has 2 saturated heterocycles. The molecule has 0 aliphatic carbocycles. The summed E-state index contributed by atoms with van der Waals surface area (Å²) in [5.74, 6) is -1.17. The maximum atomic E-state index is 12.2. The van der Waals surface area contributed by atoms with E-state index in [1.807, 2.05) is 4.90 Å². The van der Waals surface area contributed by atoms with Gasteiger partial charge in [0.05, 0.1) is 0 Å². The van der Waals surface area contributed by atoms with Gasteiger partial charge in [0, 0.05) is 17.5 Å². The van der Waals surface area contributed by atoms with Crippen molar-refractivity contribution in [2.75, 3.05) is 0 Å². The van der Waals surface area contributed by atoms with Gasteiger partial charge in [-0.15, -0.1) is 11.3 Å². The number of nitrogens with zero attached hydrogens (tertiary/aromatic N) is 2. The number of carboxylic acid groups (broad SMARTS) is 1. The number of carboxylic acids is 1. The van der Waals surface area contributed by atoms with Gasteiger partial charge in [0.2, 0.25) is 5.01 Å². The molecule has 7 heteroatoms. The molecule has 0 radical (unpaired) electrons. The molecule has 1 aromatic rings. The number of aromatic carboxylic acids is 1.